The van der Waals surface area contributed by atoms with Crippen LogP contribution in [0.3, 0.4) is 0 Å². The third-order valence-electron chi connectivity index (χ3n) is 3.29. The fraction of sp³-hybridized carbons (Fsp3) is 0.550. The Kier molecular flexibility index (Phi) is 7.69. The first-order valence-electron chi connectivity index (χ1n) is 9.21. The van der Waals surface area contributed by atoms with Gasteiger partial charge in [0.2, 0.25) is 0 Å². The molecule has 31 heavy (non-hydrogen) atoms. The van der Waals surface area contributed by atoms with Crippen molar-refractivity contribution in [1.82, 2.24) is 0 Å². The zero-order valence-corrected chi connectivity index (χ0v) is 18.3. The van der Waals surface area contributed by atoms with Gasteiger partial charge in [-0.3, -0.25) is 0 Å². The fourth-order valence-corrected chi connectivity index (χ4v) is 2.17. The molecular formula is C20H25F4NO6. The highest BCUT2D eigenvalue weighted by molar-refractivity contribution is 6.09. The molecule has 0 spiro atoms. The molecular weight excluding hydrogens is 426 g/mol. The lowest BCUT2D eigenvalue weighted by molar-refractivity contribution is -0.173. The molecule has 1 aromatic carbocycles. The Morgan fingerprint density at radius 3 is 1.58 bits per heavy atom. The molecule has 1 rings (SSSR count). The van der Waals surface area contributed by atoms with E-state index < -0.39 is 58.2 Å². The van der Waals surface area contributed by atoms with Gasteiger partial charge in [-0.1, -0.05) is 0 Å². The summed E-state index contributed by atoms with van der Waals surface area (Å²) < 4.78 is 72.1. The summed E-state index contributed by atoms with van der Waals surface area (Å²) in [4.78, 5) is 36.4. The molecule has 0 saturated carbocycles. The number of esters is 1. The van der Waals surface area contributed by atoms with Crippen molar-refractivity contribution in [3.8, 4) is 0 Å². The number of carbonyl (C=O) groups is 3. The highest BCUT2D eigenvalue weighted by Crippen LogP contribution is 2.35. The van der Waals surface area contributed by atoms with Crippen LogP contribution in [0.4, 0.5) is 32.8 Å². The molecule has 0 bridgehead atoms. The van der Waals surface area contributed by atoms with E-state index in [-0.39, 0.29) is 23.6 Å². The molecule has 11 heteroatoms. The molecule has 174 valence electrons. The number of amides is 2. The average molecular weight is 451 g/mol. The van der Waals surface area contributed by atoms with E-state index in [2.05, 4.69) is 4.74 Å². The molecule has 0 fully saturated rings. The molecule has 1 aromatic rings. The molecule has 0 aliphatic carbocycles. The molecule has 0 N–H and O–H groups in total. The minimum absolute atomic E-state index is 0.0759. The van der Waals surface area contributed by atoms with Gasteiger partial charge in [0.25, 0.3) is 0 Å². The number of ether oxygens (including phenoxy) is 3. The van der Waals surface area contributed by atoms with Gasteiger partial charge in [-0.25, -0.2) is 23.2 Å². The maximum absolute atomic E-state index is 14.7. The number of hydrogen-bond acceptors (Lipinski definition) is 6. The number of alkyl halides is 2. The standard InChI is InChI=1S/C20H25F4NO6/c1-8-29-15(26)20(23,24)11-9-12(21)14(13(22)10-11)25(16(27)30-18(2,3)4)17(28)31-19(5,6)7/h9-10H,8H2,1-7H3. The SMILES string of the molecule is CCOC(=O)C(F)(F)c1cc(F)c(N(C(=O)OC(C)(C)C)C(=O)OC(C)(C)C)c(F)c1. The first kappa shape index (κ1) is 26.2. The van der Waals surface area contributed by atoms with E-state index >= 15 is 0 Å². The van der Waals surface area contributed by atoms with E-state index in [1.165, 1.54) is 48.5 Å². The van der Waals surface area contributed by atoms with Crippen LogP contribution in [0, 0.1) is 11.6 Å². The van der Waals surface area contributed by atoms with Crippen LogP contribution in [0.1, 0.15) is 54.0 Å². The normalized spacial score (nSPS) is 12.2. The van der Waals surface area contributed by atoms with Gasteiger partial charge in [0.05, 0.1) is 6.61 Å². The van der Waals surface area contributed by atoms with Crippen LogP contribution in [0.25, 0.3) is 0 Å². The maximum atomic E-state index is 14.7. The molecule has 0 radical (unpaired) electrons. The van der Waals surface area contributed by atoms with Gasteiger partial charge in [-0.15, -0.1) is 0 Å². The topological polar surface area (TPSA) is 82.1 Å². The highest BCUT2D eigenvalue weighted by Gasteiger charge is 2.45. The van der Waals surface area contributed by atoms with Crippen LogP contribution < -0.4 is 4.90 Å². The summed E-state index contributed by atoms with van der Waals surface area (Å²) in [5.41, 5.74) is -4.99. The largest absolute Gasteiger partial charge is 0.461 e. The zero-order chi connectivity index (χ0) is 24.4. The van der Waals surface area contributed by atoms with Crippen LogP contribution in [0.2, 0.25) is 0 Å². The van der Waals surface area contributed by atoms with Gasteiger partial charge in [0, 0.05) is 5.56 Å². The Morgan fingerprint density at radius 1 is 0.871 bits per heavy atom. The number of hydrogen-bond donors (Lipinski definition) is 0. The minimum Gasteiger partial charge on any atom is -0.461 e. The Balaban J connectivity index is 3.57. The average Bonchev–Trinajstić information content (AvgIpc) is 2.54. The van der Waals surface area contributed by atoms with Gasteiger partial charge in [-0.05, 0) is 60.6 Å². The minimum atomic E-state index is -4.38. The summed E-state index contributed by atoms with van der Waals surface area (Å²) in [6.45, 7) is 9.52. The van der Waals surface area contributed by atoms with Crippen LogP contribution in [-0.4, -0.2) is 36.0 Å². The lowest BCUT2D eigenvalue weighted by atomic mass is 10.1. The fourth-order valence-electron chi connectivity index (χ4n) is 2.17. The van der Waals surface area contributed by atoms with Crippen LogP contribution >= 0.6 is 0 Å². The molecule has 0 saturated heterocycles. The third kappa shape index (κ3) is 6.83. The third-order valence-corrected chi connectivity index (χ3v) is 3.29. The molecule has 0 aliphatic heterocycles. The van der Waals surface area contributed by atoms with Crippen LogP contribution in [0.15, 0.2) is 12.1 Å². The summed E-state index contributed by atoms with van der Waals surface area (Å²) in [5.74, 6) is -9.84. The lowest BCUT2D eigenvalue weighted by Crippen LogP contribution is -2.44. The van der Waals surface area contributed by atoms with Crippen molar-refractivity contribution in [3.05, 3.63) is 29.3 Å². The summed E-state index contributed by atoms with van der Waals surface area (Å²) >= 11 is 0. The van der Waals surface area contributed by atoms with Gasteiger partial charge in [0.15, 0.2) is 11.6 Å². The molecule has 0 heterocycles. The van der Waals surface area contributed by atoms with Crippen molar-refractivity contribution in [2.45, 2.75) is 65.6 Å². The molecule has 0 unspecified atom stereocenters. The Morgan fingerprint density at radius 2 is 1.26 bits per heavy atom. The number of halogens is 4. The molecule has 2 amide bonds. The van der Waals surface area contributed by atoms with Crippen molar-refractivity contribution < 1.29 is 46.2 Å². The molecule has 0 atom stereocenters. The predicted octanol–water partition coefficient (Wildman–Crippen LogP) is 5.30. The first-order valence-corrected chi connectivity index (χ1v) is 9.21. The van der Waals surface area contributed by atoms with E-state index in [1.54, 1.807) is 0 Å². The summed E-state index contributed by atoms with van der Waals surface area (Å²) in [7, 11) is 0. The van der Waals surface area contributed by atoms with Crippen molar-refractivity contribution in [2.75, 3.05) is 11.5 Å². The number of anilines is 1. The number of rotatable bonds is 4. The quantitative estimate of drug-likeness (QED) is 0.351. The Labute approximate surface area is 177 Å². The van der Waals surface area contributed by atoms with Crippen molar-refractivity contribution >= 4 is 23.8 Å². The number of benzene rings is 1. The van der Waals surface area contributed by atoms with Crippen molar-refractivity contribution in [3.63, 3.8) is 0 Å². The van der Waals surface area contributed by atoms with Crippen molar-refractivity contribution in [2.24, 2.45) is 0 Å². The maximum Gasteiger partial charge on any atom is 0.424 e. The van der Waals surface area contributed by atoms with Gasteiger partial charge in [-0.2, -0.15) is 13.7 Å². The van der Waals surface area contributed by atoms with E-state index in [1.807, 2.05) is 0 Å². The smallest absolute Gasteiger partial charge is 0.424 e. The van der Waals surface area contributed by atoms with E-state index in [0.717, 1.165) is 0 Å². The number of carbonyl (C=O) groups excluding carboxylic acids is 3. The van der Waals surface area contributed by atoms with Crippen molar-refractivity contribution in [1.29, 1.82) is 0 Å². The molecule has 0 aliphatic rings. The summed E-state index contributed by atoms with van der Waals surface area (Å²) in [6.07, 6.45) is -2.99. The monoisotopic (exact) mass is 451 g/mol. The lowest BCUT2D eigenvalue weighted by Gasteiger charge is -2.29. The second-order valence-electron chi connectivity index (χ2n) is 8.38. The first-order chi connectivity index (χ1) is 13.9. The zero-order valence-electron chi connectivity index (χ0n) is 18.3. The predicted molar refractivity (Wildman–Crippen MR) is 102 cm³/mol. The van der Waals surface area contributed by atoms with Gasteiger partial charge in [0.1, 0.15) is 16.9 Å². The molecule has 7 nitrogen and oxygen atoms in total. The van der Waals surface area contributed by atoms with Crippen LogP contribution in [0.5, 0.6) is 0 Å². The Hall–Kier alpha value is -2.85. The van der Waals surface area contributed by atoms with E-state index in [9.17, 15) is 31.9 Å². The van der Waals surface area contributed by atoms with Crippen LogP contribution in [-0.2, 0) is 24.9 Å². The van der Waals surface area contributed by atoms with E-state index in [4.69, 9.17) is 9.47 Å². The van der Waals surface area contributed by atoms with E-state index in [0.29, 0.717) is 0 Å². The molecule has 0 aromatic heterocycles. The summed E-state index contributed by atoms with van der Waals surface area (Å²) in [6, 6.07) is 0.244. The second-order valence-corrected chi connectivity index (χ2v) is 8.38. The second kappa shape index (κ2) is 9.11. The Bertz CT molecular complexity index is 807. The number of imide groups is 1. The van der Waals surface area contributed by atoms with Gasteiger partial charge >= 0.3 is 24.1 Å². The number of nitrogens with zero attached hydrogens (tertiary/aromatic N) is 1. The summed E-state index contributed by atoms with van der Waals surface area (Å²) in [5, 5.41) is 0. The highest BCUT2D eigenvalue weighted by atomic mass is 19.3. The van der Waals surface area contributed by atoms with Gasteiger partial charge < -0.3 is 14.2 Å².